The Morgan fingerprint density at radius 2 is 1.96 bits per heavy atom. The summed E-state index contributed by atoms with van der Waals surface area (Å²) in [6, 6.07) is 8.45. The number of benzene rings is 1. The van der Waals surface area contributed by atoms with Crippen molar-refractivity contribution in [3.63, 3.8) is 0 Å². The number of rotatable bonds is 8. The van der Waals surface area contributed by atoms with Gasteiger partial charge in [-0.25, -0.2) is 4.99 Å². The van der Waals surface area contributed by atoms with Crippen molar-refractivity contribution in [1.29, 1.82) is 0 Å². The van der Waals surface area contributed by atoms with Gasteiger partial charge in [0, 0.05) is 57.1 Å². The van der Waals surface area contributed by atoms with Crippen LogP contribution in [0, 0.1) is 0 Å². The van der Waals surface area contributed by atoms with E-state index in [0.717, 1.165) is 55.8 Å². The molecule has 156 valence electrons. The maximum Gasteiger partial charge on any atom is 0.243 e. The smallest absolute Gasteiger partial charge is 0.243 e. The fourth-order valence-corrected chi connectivity index (χ4v) is 3.42. The predicted octanol–water partition coefficient (Wildman–Crippen LogP) is 2.29. The van der Waals surface area contributed by atoms with E-state index in [0.29, 0.717) is 6.04 Å². The highest BCUT2D eigenvalue weighted by atomic mass is 35.5. The zero-order valence-electron chi connectivity index (χ0n) is 17.1. The normalized spacial score (nSPS) is 16.1. The summed E-state index contributed by atoms with van der Waals surface area (Å²) in [5, 5.41) is 7.63. The average molecular weight is 426 g/mol. The quantitative estimate of drug-likeness (QED) is 0.380. The third-order valence-electron chi connectivity index (χ3n) is 4.72. The van der Waals surface area contributed by atoms with Gasteiger partial charge in [-0.2, -0.15) is 11.8 Å². The van der Waals surface area contributed by atoms with Gasteiger partial charge in [-0.1, -0.05) is 23.7 Å². The first kappa shape index (κ1) is 22.8. The Hall–Kier alpha value is -1.44. The summed E-state index contributed by atoms with van der Waals surface area (Å²) in [4.78, 5) is 20.4. The highest BCUT2D eigenvalue weighted by Crippen LogP contribution is 2.16. The minimum atomic E-state index is 0.00347. The van der Waals surface area contributed by atoms with Crippen LogP contribution < -0.4 is 10.6 Å². The molecule has 1 aromatic carbocycles. The van der Waals surface area contributed by atoms with Crippen LogP contribution in [0.15, 0.2) is 29.3 Å². The lowest BCUT2D eigenvalue weighted by atomic mass is 10.0. The lowest BCUT2D eigenvalue weighted by Crippen LogP contribution is -2.49. The Balaban J connectivity index is 1.82. The van der Waals surface area contributed by atoms with E-state index < -0.39 is 0 Å². The van der Waals surface area contributed by atoms with E-state index in [1.807, 2.05) is 12.1 Å². The van der Waals surface area contributed by atoms with Gasteiger partial charge in [0.25, 0.3) is 0 Å². The van der Waals surface area contributed by atoms with Crippen LogP contribution >= 0.6 is 23.4 Å². The van der Waals surface area contributed by atoms with Crippen molar-refractivity contribution in [3.8, 4) is 0 Å². The molecule has 0 aromatic heterocycles. The summed E-state index contributed by atoms with van der Waals surface area (Å²) in [5.41, 5.74) is 1.29. The maximum absolute atomic E-state index is 11.9. The molecular formula is C20H32ClN5OS. The number of hydrogen-bond acceptors (Lipinski definition) is 4. The number of amides is 1. The molecule has 8 heteroatoms. The minimum Gasteiger partial charge on any atom is -0.356 e. The van der Waals surface area contributed by atoms with Crippen LogP contribution in [0.5, 0.6) is 0 Å². The van der Waals surface area contributed by atoms with E-state index in [1.165, 1.54) is 5.56 Å². The molecule has 2 N–H and O–H groups in total. The molecule has 1 fully saturated rings. The third kappa shape index (κ3) is 8.29. The standard InChI is InChI=1S/C20H32ClN5OS/c1-25(2)19(27)14-23-20(22-10-13-28-3)24-18-8-11-26(12-9-18)15-16-4-6-17(21)7-5-16/h4-7,18H,8-15H2,1-3H3,(H2,22,23,24). The Bertz CT molecular complexity index is 630. The van der Waals surface area contributed by atoms with Crippen LogP contribution in [0.2, 0.25) is 5.02 Å². The Morgan fingerprint density at radius 3 is 2.57 bits per heavy atom. The Kier molecular flexibility index (Phi) is 9.95. The largest absolute Gasteiger partial charge is 0.356 e. The van der Waals surface area contributed by atoms with Crippen molar-refractivity contribution >= 4 is 35.2 Å². The molecule has 6 nitrogen and oxygen atoms in total. The Morgan fingerprint density at radius 1 is 1.29 bits per heavy atom. The van der Waals surface area contributed by atoms with Gasteiger partial charge in [0.2, 0.25) is 5.91 Å². The summed E-state index contributed by atoms with van der Waals surface area (Å²) in [7, 11) is 3.50. The van der Waals surface area contributed by atoms with Gasteiger partial charge in [-0.05, 0) is 36.8 Å². The zero-order chi connectivity index (χ0) is 20.4. The highest BCUT2D eigenvalue weighted by Gasteiger charge is 2.20. The molecule has 0 saturated carbocycles. The number of piperidine rings is 1. The second-order valence-electron chi connectivity index (χ2n) is 7.19. The molecule has 1 amide bonds. The summed E-state index contributed by atoms with van der Waals surface area (Å²) >= 11 is 7.75. The fourth-order valence-electron chi connectivity index (χ4n) is 2.99. The molecule has 1 aliphatic heterocycles. The van der Waals surface area contributed by atoms with Crippen molar-refractivity contribution in [1.82, 2.24) is 20.4 Å². The van der Waals surface area contributed by atoms with Crippen molar-refractivity contribution in [2.75, 3.05) is 52.3 Å². The number of halogens is 1. The van der Waals surface area contributed by atoms with Crippen LogP contribution in [0.3, 0.4) is 0 Å². The molecule has 28 heavy (non-hydrogen) atoms. The van der Waals surface area contributed by atoms with Crippen LogP contribution in [0.25, 0.3) is 0 Å². The number of hydrogen-bond donors (Lipinski definition) is 2. The molecule has 0 spiro atoms. The zero-order valence-corrected chi connectivity index (χ0v) is 18.7. The van der Waals surface area contributed by atoms with Gasteiger partial charge in [-0.3, -0.25) is 9.69 Å². The summed E-state index contributed by atoms with van der Waals surface area (Å²) in [6.45, 7) is 4.02. The van der Waals surface area contributed by atoms with Gasteiger partial charge in [0.1, 0.15) is 6.54 Å². The monoisotopic (exact) mass is 425 g/mol. The number of carbonyl (C=O) groups excluding carboxylic acids is 1. The number of carbonyl (C=O) groups is 1. The SMILES string of the molecule is CSCCNC(=NCC(=O)N(C)C)NC1CCN(Cc2ccc(Cl)cc2)CC1. The molecule has 0 atom stereocenters. The summed E-state index contributed by atoms with van der Waals surface area (Å²) in [6.07, 6.45) is 4.19. The number of guanidine groups is 1. The van der Waals surface area contributed by atoms with Crippen molar-refractivity contribution in [2.24, 2.45) is 4.99 Å². The van der Waals surface area contributed by atoms with E-state index in [4.69, 9.17) is 11.6 Å². The summed E-state index contributed by atoms with van der Waals surface area (Å²) in [5.74, 6) is 1.74. The molecule has 1 aromatic rings. The summed E-state index contributed by atoms with van der Waals surface area (Å²) < 4.78 is 0. The third-order valence-corrected chi connectivity index (χ3v) is 5.58. The molecule has 1 aliphatic rings. The molecule has 2 rings (SSSR count). The molecule has 0 radical (unpaired) electrons. The van der Waals surface area contributed by atoms with Gasteiger partial charge in [-0.15, -0.1) is 0 Å². The molecule has 1 heterocycles. The second kappa shape index (κ2) is 12.2. The number of likely N-dealkylation sites (N-methyl/N-ethyl adjacent to an activating group) is 1. The molecular weight excluding hydrogens is 394 g/mol. The maximum atomic E-state index is 11.9. The van der Waals surface area contributed by atoms with Crippen LogP contribution in [-0.2, 0) is 11.3 Å². The first-order valence-electron chi connectivity index (χ1n) is 9.68. The number of thioether (sulfide) groups is 1. The minimum absolute atomic E-state index is 0.00347. The van der Waals surface area contributed by atoms with E-state index in [-0.39, 0.29) is 12.5 Å². The second-order valence-corrected chi connectivity index (χ2v) is 8.62. The van der Waals surface area contributed by atoms with Crippen LogP contribution in [0.4, 0.5) is 0 Å². The predicted molar refractivity (Wildman–Crippen MR) is 120 cm³/mol. The van der Waals surface area contributed by atoms with Crippen molar-refractivity contribution in [2.45, 2.75) is 25.4 Å². The lowest BCUT2D eigenvalue weighted by Gasteiger charge is -2.33. The van der Waals surface area contributed by atoms with E-state index >= 15 is 0 Å². The first-order chi connectivity index (χ1) is 13.5. The first-order valence-corrected chi connectivity index (χ1v) is 11.5. The number of likely N-dealkylation sites (tertiary alicyclic amines) is 1. The number of nitrogens with one attached hydrogen (secondary N) is 2. The Labute approximate surface area is 178 Å². The molecule has 0 unspecified atom stereocenters. The van der Waals surface area contributed by atoms with Crippen molar-refractivity contribution < 1.29 is 4.79 Å². The van der Waals surface area contributed by atoms with E-state index in [1.54, 1.807) is 30.8 Å². The highest BCUT2D eigenvalue weighted by molar-refractivity contribution is 7.98. The van der Waals surface area contributed by atoms with Gasteiger partial charge >= 0.3 is 0 Å². The fraction of sp³-hybridized carbons (Fsp3) is 0.600. The molecule has 1 saturated heterocycles. The van der Waals surface area contributed by atoms with Gasteiger partial charge in [0.05, 0.1) is 0 Å². The molecule has 0 aliphatic carbocycles. The van der Waals surface area contributed by atoms with E-state index in [9.17, 15) is 4.79 Å². The number of nitrogens with zero attached hydrogens (tertiary/aromatic N) is 3. The lowest BCUT2D eigenvalue weighted by molar-refractivity contribution is -0.127. The molecule has 0 bridgehead atoms. The van der Waals surface area contributed by atoms with Crippen molar-refractivity contribution in [3.05, 3.63) is 34.9 Å². The van der Waals surface area contributed by atoms with Gasteiger partial charge in [0.15, 0.2) is 5.96 Å². The van der Waals surface area contributed by atoms with Crippen LogP contribution in [0.1, 0.15) is 18.4 Å². The van der Waals surface area contributed by atoms with Gasteiger partial charge < -0.3 is 15.5 Å². The van der Waals surface area contributed by atoms with Crippen LogP contribution in [-0.4, -0.2) is 80.0 Å². The average Bonchev–Trinajstić information content (AvgIpc) is 2.69. The topological polar surface area (TPSA) is 60.0 Å². The van der Waals surface area contributed by atoms with E-state index in [2.05, 4.69) is 38.9 Å². The number of aliphatic imine (C=N–C) groups is 1.